The Morgan fingerprint density at radius 3 is 3.06 bits per heavy atom. The van der Waals surface area contributed by atoms with E-state index < -0.39 is 0 Å². The second-order valence-corrected chi connectivity index (χ2v) is 5.08. The monoisotopic (exact) mass is 286 g/mol. The molecule has 0 saturated carbocycles. The summed E-state index contributed by atoms with van der Waals surface area (Å²) in [6.07, 6.45) is 1.13. The summed E-state index contributed by atoms with van der Waals surface area (Å²) in [5.41, 5.74) is 0.709. The van der Waals surface area contributed by atoms with Crippen LogP contribution in [0.4, 0.5) is 10.1 Å². The maximum atomic E-state index is 13.7. The third-order valence-corrected chi connectivity index (χ3v) is 3.67. The maximum Gasteiger partial charge on any atom is 0.147 e. The van der Waals surface area contributed by atoms with Gasteiger partial charge in [-0.2, -0.15) is 0 Å². The van der Waals surface area contributed by atoms with Gasteiger partial charge in [-0.3, -0.25) is 0 Å². The largest absolute Gasteiger partial charge is 0.368 e. The second kappa shape index (κ2) is 5.15. The van der Waals surface area contributed by atoms with Crippen LogP contribution in [-0.2, 0) is 0 Å². The van der Waals surface area contributed by atoms with Gasteiger partial charge in [0.2, 0.25) is 0 Å². The summed E-state index contributed by atoms with van der Waals surface area (Å²) in [4.78, 5) is 2.13. The van der Waals surface area contributed by atoms with Crippen molar-refractivity contribution in [3.8, 4) is 0 Å². The first-order chi connectivity index (χ1) is 7.72. The van der Waals surface area contributed by atoms with Crippen molar-refractivity contribution in [2.75, 3.05) is 31.6 Å². The molecule has 0 radical (unpaired) electrons. The molecular weight excluding hydrogens is 271 g/mol. The number of halogens is 2. The highest BCUT2D eigenvalue weighted by molar-refractivity contribution is 9.10. The summed E-state index contributed by atoms with van der Waals surface area (Å²) in [6.45, 7) is 2.87. The van der Waals surface area contributed by atoms with Crippen molar-refractivity contribution in [3.63, 3.8) is 0 Å². The van der Waals surface area contributed by atoms with E-state index in [1.165, 1.54) is 6.07 Å². The van der Waals surface area contributed by atoms with Gasteiger partial charge in [-0.05, 0) is 54.0 Å². The van der Waals surface area contributed by atoms with Gasteiger partial charge in [0.25, 0.3) is 0 Å². The van der Waals surface area contributed by atoms with Crippen LogP contribution >= 0.6 is 15.9 Å². The van der Waals surface area contributed by atoms with Crippen LogP contribution in [-0.4, -0.2) is 26.7 Å². The van der Waals surface area contributed by atoms with E-state index >= 15 is 0 Å². The number of hydrogen-bond acceptors (Lipinski definition) is 2. The first-order valence-electron chi connectivity index (χ1n) is 5.56. The normalized spacial score (nSPS) is 20.4. The Kier molecular flexibility index (Phi) is 3.82. The number of nitrogens with zero attached hydrogens (tertiary/aromatic N) is 1. The molecule has 16 heavy (non-hydrogen) atoms. The molecule has 1 aromatic carbocycles. The lowest BCUT2D eigenvalue weighted by molar-refractivity contribution is 0.547. The van der Waals surface area contributed by atoms with Crippen LogP contribution in [0, 0.1) is 11.7 Å². The molecular formula is C12H16BrFN2. The topological polar surface area (TPSA) is 15.3 Å². The summed E-state index contributed by atoms with van der Waals surface area (Å²) in [5.74, 6) is 0.482. The summed E-state index contributed by atoms with van der Waals surface area (Å²) < 4.78 is 14.6. The van der Waals surface area contributed by atoms with Crippen molar-refractivity contribution in [1.29, 1.82) is 0 Å². The highest BCUT2D eigenvalue weighted by Gasteiger charge is 2.25. The third-order valence-electron chi connectivity index (χ3n) is 3.03. The average molecular weight is 287 g/mol. The van der Waals surface area contributed by atoms with Crippen molar-refractivity contribution in [3.05, 3.63) is 28.5 Å². The minimum atomic E-state index is -0.139. The maximum absolute atomic E-state index is 13.7. The third kappa shape index (κ3) is 2.38. The van der Waals surface area contributed by atoms with E-state index in [9.17, 15) is 4.39 Å². The standard InChI is InChI=1S/C12H16BrFN2/c1-15-7-9-5-6-16(8-9)12-10(13)3-2-4-11(12)14/h2-4,9,15H,5-8H2,1H3. The fraction of sp³-hybridized carbons (Fsp3) is 0.500. The van der Waals surface area contributed by atoms with Crippen molar-refractivity contribution in [2.45, 2.75) is 6.42 Å². The molecule has 1 atom stereocenters. The van der Waals surface area contributed by atoms with E-state index in [-0.39, 0.29) is 5.82 Å². The zero-order chi connectivity index (χ0) is 11.5. The highest BCUT2D eigenvalue weighted by atomic mass is 79.9. The number of para-hydroxylation sites is 1. The lowest BCUT2D eigenvalue weighted by Crippen LogP contribution is -2.25. The molecule has 1 aliphatic heterocycles. The SMILES string of the molecule is CNCC1CCN(c2c(F)cccc2Br)C1. The number of anilines is 1. The van der Waals surface area contributed by atoms with Gasteiger partial charge in [0.15, 0.2) is 0 Å². The van der Waals surface area contributed by atoms with Crippen molar-refractivity contribution >= 4 is 21.6 Å². The van der Waals surface area contributed by atoms with Crippen LogP contribution in [0.2, 0.25) is 0 Å². The Morgan fingerprint density at radius 2 is 2.38 bits per heavy atom. The van der Waals surface area contributed by atoms with Crippen molar-refractivity contribution < 1.29 is 4.39 Å². The van der Waals surface area contributed by atoms with Crippen molar-refractivity contribution in [1.82, 2.24) is 5.32 Å². The molecule has 1 aliphatic rings. The van der Waals surface area contributed by atoms with Crippen LogP contribution in [0.1, 0.15) is 6.42 Å². The molecule has 2 nitrogen and oxygen atoms in total. The number of benzene rings is 1. The van der Waals surface area contributed by atoms with Gasteiger partial charge in [0.1, 0.15) is 5.82 Å². The smallest absolute Gasteiger partial charge is 0.147 e. The van der Waals surface area contributed by atoms with E-state index in [2.05, 4.69) is 26.1 Å². The highest BCUT2D eigenvalue weighted by Crippen LogP contribution is 2.32. The zero-order valence-electron chi connectivity index (χ0n) is 9.34. The van der Waals surface area contributed by atoms with Gasteiger partial charge < -0.3 is 10.2 Å². The van der Waals surface area contributed by atoms with Gasteiger partial charge in [0, 0.05) is 17.6 Å². The molecule has 1 fully saturated rings. The summed E-state index contributed by atoms with van der Waals surface area (Å²) in [7, 11) is 1.96. The lowest BCUT2D eigenvalue weighted by atomic mass is 10.1. The summed E-state index contributed by atoms with van der Waals surface area (Å²) in [5, 5.41) is 3.18. The quantitative estimate of drug-likeness (QED) is 0.919. The number of nitrogens with one attached hydrogen (secondary N) is 1. The Morgan fingerprint density at radius 1 is 1.56 bits per heavy atom. The lowest BCUT2D eigenvalue weighted by Gasteiger charge is -2.20. The van der Waals surface area contributed by atoms with Crippen LogP contribution in [0.25, 0.3) is 0 Å². The van der Waals surface area contributed by atoms with Crippen LogP contribution in [0.5, 0.6) is 0 Å². The van der Waals surface area contributed by atoms with E-state index in [1.54, 1.807) is 6.07 Å². The average Bonchev–Trinajstić information content (AvgIpc) is 2.67. The van der Waals surface area contributed by atoms with Gasteiger partial charge >= 0.3 is 0 Å². The van der Waals surface area contributed by atoms with Crippen molar-refractivity contribution in [2.24, 2.45) is 5.92 Å². The first kappa shape index (κ1) is 11.9. The molecule has 4 heteroatoms. The van der Waals surface area contributed by atoms with Crippen LogP contribution in [0.3, 0.4) is 0 Å². The zero-order valence-corrected chi connectivity index (χ0v) is 10.9. The Hall–Kier alpha value is -0.610. The predicted molar refractivity (Wildman–Crippen MR) is 68.3 cm³/mol. The second-order valence-electron chi connectivity index (χ2n) is 4.23. The van der Waals surface area contributed by atoms with Crippen LogP contribution in [0.15, 0.2) is 22.7 Å². The Bertz CT molecular complexity index is 350. The number of rotatable bonds is 3. The molecule has 1 aromatic rings. The van der Waals surface area contributed by atoms with E-state index in [4.69, 9.17) is 0 Å². The molecule has 2 rings (SSSR count). The van der Waals surface area contributed by atoms with Crippen LogP contribution < -0.4 is 10.2 Å². The molecule has 0 bridgehead atoms. The predicted octanol–water partition coefficient (Wildman–Crippen LogP) is 2.63. The fourth-order valence-corrected chi connectivity index (χ4v) is 2.87. The van der Waals surface area contributed by atoms with Gasteiger partial charge in [-0.15, -0.1) is 0 Å². The minimum Gasteiger partial charge on any atom is -0.368 e. The molecule has 0 amide bonds. The van der Waals surface area contributed by atoms with Gasteiger partial charge in [-0.1, -0.05) is 6.07 Å². The van der Waals surface area contributed by atoms with Gasteiger partial charge in [0.05, 0.1) is 5.69 Å². The Labute approximate surface area is 104 Å². The van der Waals surface area contributed by atoms with E-state index in [1.807, 2.05) is 13.1 Å². The number of hydrogen-bond donors (Lipinski definition) is 1. The first-order valence-corrected chi connectivity index (χ1v) is 6.35. The molecule has 1 heterocycles. The molecule has 0 aliphatic carbocycles. The van der Waals surface area contributed by atoms with Gasteiger partial charge in [-0.25, -0.2) is 4.39 Å². The molecule has 0 spiro atoms. The molecule has 88 valence electrons. The molecule has 0 aromatic heterocycles. The minimum absolute atomic E-state index is 0.139. The molecule has 1 saturated heterocycles. The fourth-order valence-electron chi connectivity index (χ4n) is 2.28. The molecule has 1 unspecified atom stereocenters. The Balaban J connectivity index is 2.14. The summed E-state index contributed by atoms with van der Waals surface area (Å²) >= 11 is 3.42. The van der Waals surface area contributed by atoms with E-state index in [0.29, 0.717) is 11.6 Å². The van der Waals surface area contributed by atoms with E-state index in [0.717, 1.165) is 30.5 Å². The summed E-state index contributed by atoms with van der Waals surface area (Å²) in [6, 6.07) is 5.14. The molecule has 1 N–H and O–H groups in total.